The van der Waals surface area contributed by atoms with Crippen molar-refractivity contribution in [1.29, 1.82) is 0 Å². The van der Waals surface area contributed by atoms with Gasteiger partial charge in [-0.25, -0.2) is 28.1 Å². The van der Waals surface area contributed by atoms with Crippen LogP contribution in [0.1, 0.15) is 47.8 Å². The van der Waals surface area contributed by atoms with E-state index in [1.54, 1.807) is 32.7 Å². The van der Waals surface area contributed by atoms with Crippen molar-refractivity contribution in [3.8, 4) is 0 Å². The number of H-pyrrole nitrogens is 1. The predicted octanol–water partition coefficient (Wildman–Crippen LogP) is 1.01. The molecule has 19 heteroatoms. The summed E-state index contributed by atoms with van der Waals surface area (Å²) < 4.78 is 79.0. The van der Waals surface area contributed by atoms with Crippen LogP contribution >= 0.6 is 6.57 Å². The average molecular weight is 637 g/mol. The molecule has 1 saturated heterocycles. The van der Waals surface area contributed by atoms with Crippen LogP contribution in [0.15, 0.2) is 15.8 Å². The molecule has 1 aromatic rings. The molecular formula is C22H33F4N4O9PS. The Morgan fingerprint density at radius 2 is 1.61 bits per heavy atom. The van der Waals surface area contributed by atoms with E-state index in [2.05, 4.69) is 10.2 Å². The Hall–Kier alpha value is -2.21. The normalized spacial score (nSPS) is 24.6. The summed E-state index contributed by atoms with van der Waals surface area (Å²) in [5, 5.41) is 15.6. The van der Waals surface area contributed by atoms with Gasteiger partial charge in [0.05, 0.1) is 25.0 Å². The van der Waals surface area contributed by atoms with Crippen molar-refractivity contribution in [1.82, 2.24) is 19.7 Å². The highest BCUT2D eigenvalue weighted by molar-refractivity contribution is 8.10. The molecule has 0 saturated carbocycles. The molecular weight excluding hydrogens is 603 g/mol. The van der Waals surface area contributed by atoms with Crippen molar-refractivity contribution in [3.05, 3.63) is 32.9 Å². The van der Waals surface area contributed by atoms with Crippen molar-refractivity contribution in [3.63, 3.8) is 0 Å². The number of carbonyl (C=O) groups is 2. The minimum atomic E-state index is -3.93. The maximum atomic E-state index is 15.4. The van der Waals surface area contributed by atoms with Gasteiger partial charge in [0.15, 0.2) is 24.6 Å². The Bertz CT molecular complexity index is 1230. The molecule has 1 aromatic heterocycles. The van der Waals surface area contributed by atoms with Crippen molar-refractivity contribution in [2.24, 2.45) is 0 Å². The van der Waals surface area contributed by atoms with Crippen LogP contribution in [0.2, 0.25) is 0 Å². The standard InChI is InChI=1S/C22H33F4N4O9PS/c1-9(2)37-18(33)11(5)28-40(41,29-12(6)19(34)38-10(3)4)36-8-22(20(25)26)15(24)14(31)17(39-22)30-7-13(23)16(32)27-21(30)35/h7,9-12,14-15,17,20,31H,8H2,1-6H3,(H,27,32,35)(H2,28,29,41)/t11-,12-,14+,15-,17+,22+/m0/s1. The Labute approximate surface area is 237 Å². The number of aromatic nitrogens is 2. The molecule has 0 bridgehead atoms. The second-order valence-electron chi connectivity index (χ2n) is 9.80. The van der Waals surface area contributed by atoms with E-state index in [1.165, 1.54) is 13.8 Å². The summed E-state index contributed by atoms with van der Waals surface area (Å²) in [5.74, 6) is -3.15. The fourth-order valence-electron chi connectivity index (χ4n) is 3.60. The molecule has 0 aromatic carbocycles. The third-order valence-electron chi connectivity index (χ3n) is 5.58. The highest BCUT2D eigenvalue weighted by Crippen LogP contribution is 2.47. The third-order valence-corrected chi connectivity index (χ3v) is 8.47. The van der Waals surface area contributed by atoms with Gasteiger partial charge in [0.25, 0.3) is 12.0 Å². The largest absolute Gasteiger partial charge is 0.462 e. The Morgan fingerprint density at radius 3 is 2.05 bits per heavy atom. The minimum Gasteiger partial charge on any atom is -0.462 e. The molecule has 4 N–H and O–H groups in total. The third kappa shape index (κ3) is 8.43. The zero-order chi connectivity index (χ0) is 31.4. The number of esters is 2. The van der Waals surface area contributed by atoms with Crippen LogP contribution in [0, 0.1) is 5.82 Å². The molecule has 6 atom stereocenters. The van der Waals surface area contributed by atoms with E-state index < -0.39 is 97.0 Å². The number of halogens is 4. The quantitative estimate of drug-likeness (QED) is 0.138. The smallest absolute Gasteiger partial charge is 0.330 e. The van der Waals surface area contributed by atoms with Crippen LogP contribution in [-0.4, -0.2) is 81.8 Å². The van der Waals surface area contributed by atoms with Gasteiger partial charge in [-0.2, -0.15) is 4.39 Å². The molecule has 2 heterocycles. The summed E-state index contributed by atoms with van der Waals surface area (Å²) in [6.07, 6.45) is -12.1. The first kappa shape index (κ1) is 35.0. The number of ether oxygens (including phenoxy) is 3. The van der Waals surface area contributed by atoms with E-state index in [1.807, 2.05) is 0 Å². The van der Waals surface area contributed by atoms with E-state index in [9.17, 15) is 37.5 Å². The van der Waals surface area contributed by atoms with Gasteiger partial charge in [0, 0.05) is 0 Å². The molecule has 0 unspecified atom stereocenters. The first-order valence-corrected chi connectivity index (χ1v) is 15.1. The van der Waals surface area contributed by atoms with Gasteiger partial charge in [0.2, 0.25) is 5.82 Å². The summed E-state index contributed by atoms with van der Waals surface area (Å²) in [6, 6.07) is -2.42. The number of aliphatic hydroxyl groups excluding tert-OH is 1. The van der Waals surface area contributed by atoms with Crippen LogP contribution in [-0.2, 0) is 40.1 Å². The number of alkyl halides is 3. The number of aliphatic hydroxyl groups is 1. The lowest BCUT2D eigenvalue weighted by atomic mass is 9.98. The summed E-state index contributed by atoms with van der Waals surface area (Å²) in [6.45, 7) is 3.63. The second kappa shape index (κ2) is 13.8. The Balaban J connectivity index is 2.42. The van der Waals surface area contributed by atoms with Crippen LogP contribution in [0.5, 0.6) is 0 Å². The molecule has 1 fully saturated rings. The molecule has 2 rings (SSSR count). The highest BCUT2D eigenvalue weighted by atomic mass is 32.4. The molecule has 1 aliphatic rings. The van der Waals surface area contributed by atoms with E-state index in [-0.39, 0.29) is 10.8 Å². The van der Waals surface area contributed by atoms with Gasteiger partial charge < -0.3 is 23.8 Å². The van der Waals surface area contributed by atoms with Crippen LogP contribution in [0.25, 0.3) is 0 Å². The lowest BCUT2D eigenvalue weighted by Gasteiger charge is -2.35. The molecule has 13 nitrogen and oxygen atoms in total. The number of carbonyl (C=O) groups excluding carboxylic acids is 2. The summed E-state index contributed by atoms with van der Waals surface area (Å²) in [5.41, 5.74) is -6.08. The second-order valence-corrected chi connectivity index (χ2v) is 13.2. The van der Waals surface area contributed by atoms with Crippen LogP contribution in [0.3, 0.4) is 0 Å². The average Bonchev–Trinajstić information content (AvgIpc) is 3.10. The fraction of sp³-hybridized carbons (Fsp3) is 0.727. The molecule has 0 aliphatic carbocycles. The maximum absolute atomic E-state index is 15.4. The zero-order valence-corrected chi connectivity index (χ0v) is 24.6. The van der Waals surface area contributed by atoms with E-state index in [4.69, 9.17) is 30.5 Å². The lowest BCUT2D eigenvalue weighted by Crippen LogP contribution is -2.52. The molecule has 0 spiro atoms. The molecule has 0 radical (unpaired) electrons. The topological polar surface area (TPSA) is 170 Å². The Kier molecular flexibility index (Phi) is 11.8. The van der Waals surface area contributed by atoms with E-state index in [0.717, 1.165) is 0 Å². The van der Waals surface area contributed by atoms with Crippen molar-refractivity contribution >= 4 is 30.3 Å². The molecule has 41 heavy (non-hydrogen) atoms. The number of hydrogen-bond acceptors (Lipinski definition) is 10. The summed E-state index contributed by atoms with van der Waals surface area (Å²) in [4.78, 5) is 49.8. The van der Waals surface area contributed by atoms with Gasteiger partial charge in [-0.15, -0.1) is 0 Å². The first-order valence-electron chi connectivity index (χ1n) is 12.3. The maximum Gasteiger partial charge on any atom is 0.330 e. The van der Waals surface area contributed by atoms with Crippen LogP contribution < -0.4 is 21.4 Å². The minimum absolute atomic E-state index is 0.207. The van der Waals surface area contributed by atoms with Crippen LogP contribution in [0.4, 0.5) is 17.6 Å². The van der Waals surface area contributed by atoms with Gasteiger partial charge in [0.1, 0.15) is 18.2 Å². The summed E-state index contributed by atoms with van der Waals surface area (Å²) >= 11 is 5.46. The number of rotatable bonds is 13. The lowest BCUT2D eigenvalue weighted by molar-refractivity contribution is -0.182. The van der Waals surface area contributed by atoms with Crippen molar-refractivity contribution in [2.75, 3.05) is 6.61 Å². The molecule has 234 valence electrons. The highest BCUT2D eigenvalue weighted by Gasteiger charge is 2.62. The number of aromatic amines is 1. The monoisotopic (exact) mass is 636 g/mol. The van der Waals surface area contributed by atoms with E-state index >= 15 is 4.39 Å². The van der Waals surface area contributed by atoms with Gasteiger partial charge in [-0.05, 0) is 53.3 Å². The molecule has 1 aliphatic heterocycles. The fourth-order valence-corrected chi connectivity index (χ4v) is 6.54. The zero-order valence-electron chi connectivity index (χ0n) is 22.9. The van der Waals surface area contributed by atoms with Gasteiger partial charge >= 0.3 is 17.6 Å². The number of hydrogen-bond donors (Lipinski definition) is 4. The van der Waals surface area contributed by atoms with Gasteiger partial charge in [-0.1, -0.05) is 0 Å². The Morgan fingerprint density at radius 1 is 1.12 bits per heavy atom. The molecule has 0 amide bonds. The van der Waals surface area contributed by atoms with Crippen molar-refractivity contribution in [2.45, 2.75) is 96.4 Å². The summed E-state index contributed by atoms with van der Waals surface area (Å²) in [7, 11) is 0. The predicted molar refractivity (Wildman–Crippen MR) is 139 cm³/mol. The first-order chi connectivity index (χ1) is 18.8. The SMILES string of the molecule is CC(C)OC(=O)[C@H](C)NP(=S)(N[C@@H](C)C(=O)OC(C)C)OC[C@@]1(C(F)F)O[C@@H](n2cc(F)c(=O)[nH]c2=O)[C@H](O)[C@@H]1F. The number of nitrogens with zero attached hydrogens (tertiary/aromatic N) is 1. The van der Waals surface area contributed by atoms with Gasteiger partial charge in [-0.3, -0.25) is 23.9 Å². The number of nitrogens with one attached hydrogen (secondary N) is 3. The van der Waals surface area contributed by atoms with E-state index in [0.29, 0.717) is 0 Å². The van der Waals surface area contributed by atoms with Crippen molar-refractivity contribution < 1.29 is 51.0 Å².